The highest BCUT2D eigenvalue weighted by atomic mass is 79.9. The number of ether oxygens (including phenoxy) is 2. The minimum atomic E-state index is 0.432. The highest BCUT2D eigenvalue weighted by Gasteiger charge is 2.13. The molecule has 20 heavy (non-hydrogen) atoms. The molecule has 0 aliphatic carbocycles. The van der Waals surface area contributed by atoms with E-state index < -0.39 is 0 Å². The number of halogens is 2. The lowest BCUT2D eigenvalue weighted by atomic mass is 10.2. The molecule has 0 bridgehead atoms. The summed E-state index contributed by atoms with van der Waals surface area (Å²) in [5.41, 5.74) is 1.01. The number of hydrogen-bond acceptors (Lipinski definition) is 4. The first-order chi connectivity index (χ1) is 9.72. The van der Waals surface area contributed by atoms with Crippen LogP contribution in [0.4, 0.5) is 5.82 Å². The summed E-state index contributed by atoms with van der Waals surface area (Å²) in [6, 6.07) is 2.00. The van der Waals surface area contributed by atoms with Crippen LogP contribution >= 0.6 is 27.5 Å². The Balaban J connectivity index is 2.78. The SMILES string of the molecule is CCOCCN(CCOCC)c1ncc(Br)cc1CCl. The molecule has 0 fully saturated rings. The van der Waals surface area contributed by atoms with Crippen LogP contribution in [0, 0.1) is 0 Å². The van der Waals surface area contributed by atoms with Crippen LogP contribution in [0.25, 0.3) is 0 Å². The van der Waals surface area contributed by atoms with E-state index in [2.05, 4.69) is 25.8 Å². The maximum absolute atomic E-state index is 6.02. The van der Waals surface area contributed by atoms with Gasteiger partial charge < -0.3 is 14.4 Å². The average Bonchev–Trinajstić information content (AvgIpc) is 2.46. The second-order valence-corrected chi connectivity index (χ2v) is 5.33. The van der Waals surface area contributed by atoms with Crippen molar-refractivity contribution in [1.82, 2.24) is 4.98 Å². The molecule has 1 aromatic rings. The summed E-state index contributed by atoms with van der Waals surface area (Å²) in [6.07, 6.45) is 1.79. The van der Waals surface area contributed by atoms with Crippen molar-refractivity contribution in [3.8, 4) is 0 Å². The van der Waals surface area contributed by atoms with Gasteiger partial charge >= 0.3 is 0 Å². The summed E-state index contributed by atoms with van der Waals surface area (Å²) in [6.45, 7) is 8.31. The molecule has 0 aliphatic heterocycles. The number of anilines is 1. The van der Waals surface area contributed by atoms with Gasteiger partial charge in [0.05, 0.1) is 19.1 Å². The normalized spacial score (nSPS) is 10.8. The van der Waals surface area contributed by atoms with Crippen LogP contribution in [0.3, 0.4) is 0 Å². The van der Waals surface area contributed by atoms with E-state index in [-0.39, 0.29) is 0 Å². The molecule has 0 unspecified atom stereocenters. The van der Waals surface area contributed by atoms with E-state index in [0.29, 0.717) is 19.1 Å². The third-order valence-electron chi connectivity index (χ3n) is 2.77. The van der Waals surface area contributed by atoms with Crippen LogP contribution in [0.2, 0.25) is 0 Å². The molecule has 0 radical (unpaired) electrons. The van der Waals surface area contributed by atoms with Crippen LogP contribution in [0.15, 0.2) is 16.7 Å². The second-order valence-electron chi connectivity index (χ2n) is 4.15. The fourth-order valence-electron chi connectivity index (χ4n) is 1.82. The molecule has 0 atom stereocenters. The van der Waals surface area contributed by atoms with Crippen molar-refractivity contribution in [2.24, 2.45) is 0 Å². The molecule has 6 heteroatoms. The Bertz CT molecular complexity index is 383. The quantitative estimate of drug-likeness (QED) is 0.470. The van der Waals surface area contributed by atoms with Crippen molar-refractivity contribution < 1.29 is 9.47 Å². The molecular weight excluding hydrogens is 344 g/mol. The summed E-state index contributed by atoms with van der Waals surface area (Å²) in [4.78, 5) is 6.65. The van der Waals surface area contributed by atoms with Crippen molar-refractivity contribution in [2.75, 3.05) is 44.4 Å². The van der Waals surface area contributed by atoms with Crippen LogP contribution in [-0.2, 0) is 15.4 Å². The summed E-state index contributed by atoms with van der Waals surface area (Å²) in [5.74, 6) is 1.34. The lowest BCUT2D eigenvalue weighted by molar-refractivity contribution is 0.141. The first-order valence-electron chi connectivity index (χ1n) is 6.83. The van der Waals surface area contributed by atoms with Gasteiger partial charge in [-0.3, -0.25) is 0 Å². The molecule has 0 N–H and O–H groups in total. The molecule has 0 amide bonds. The van der Waals surface area contributed by atoms with Gasteiger partial charge in [0, 0.05) is 42.5 Å². The molecule has 0 aromatic carbocycles. The summed E-state index contributed by atoms with van der Waals surface area (Å²) in [7, 11) is 0. The maximum atomic E-state index is 6.02. The zero-order valence-electron chi connectivity index (χ0n) is 12.1. The standard InChI is InChI=1S/C14H22BrClN2O2/c1-3-19-7-5-18(6-8-20-4-2)14-12(10-16)9-13(15)11-17-14/h9,11H,3-8,10H2,1-2H3. The molecule has 0 spiro atoms. The van der Waals surface area contributed by atoms with Gasteiger partial charge in [-0.25, -0.2) is 4.98 Å². The van der Waals surface area contributed by atoms with Crippen molar-refractivity contribution in [1.29, 1.82) is 0 Å². The van der Waals surface area contributed by atoms with Gasteiger partial charge in [0.15, 0.2) is 0 Å². The van der Waals surface area contributed by atoms with Gasteiger partial charge in [-0.15, -0.1) is 11.6 Å². The van der Waals surface area contributed by atoms with E-state index in [9.17, 15) is 0 Å². The van der Waals surface area contributed by atoms with E-state index >= 15 is 0 Å². The largest absolute Gasteiger partial charge is 0.380 e. The fraction of sp³-hybridized carbons (Fsp3) is 0.643. The summed E-state index contributed by atoms with van der Waals surface area (Å²) >= 11 is 9.45. The van der Waals surface area contributed by atoms with Crippen molar-refractivity contribution >= 4 is 33.3 Å². The van der Waals surface area contributed by atoms with Crippen molar-refractivity contribution in [3.63, 3.8) is 0 Å². The third kappa shape index (κ3) is 5.95. The van der Waals surface area contributed by atoms with Gasteiger partial charge in [0.25, 0.3) is 0 Å². The Labute approximate surface area is 134 Å². The second kappa shape index (κ2) is 10.4. The molecule has 114 valence electrons. The van der Waals surface area contributed by atoms with Gasteiger partial charge in [0.2, 0.25) is 0 Å². The van der Waals surface area contributed by atoms with Gasteiger partial charge in [-0.2, -0.15) is 0 Å². The molecule has 4 nitrogen and oxygen atoms in total. The van der Waals surface area contributed by atoms with E-state index in [1.54, 1.807) is 6.20 Å². The van der Waals surface area contributed by atoms with E-state index in [1.807, 2.05) is 19.9 Å². The highest BCUT2D eigenvalue weighted by molar-refractivity contribution is 9.10. The first kappa shape index (κ1) is 17.7. The minimum Gasteiger partial charge on any atom is -0.380 e. The van der Waals surface area contributed by atoms with Gasteiger partial charge in [-0.05, 0) is 35.8 Å². The number of aromatic nitrogens is 1. The zero-order valence-corrected chi connectivity index (χ0v) is 14.4. The van der Waals surface area contributed by atoms with E-state index in [0.717, 1.165) is 42.2 Å². The molecule has 0 aliphatic rings. The van der Waals surface area contributed by atoms with Crippen LogP contribution in [0.5, 0.6) is 0 Å². The third-order valence-corrected chi connectivity index (χ3v) is 3.49. The van der Waals surface area contributed by atoms with Crippen LogP contribution in [0.1, 0.15) is 19.4 Å². The van der Waals surface area contributed by atoms with Crippen LogP contribution in [-0.4, -0.2) is 44.5 Å². The Hall–Kier alpha value is -0.360. The maximum Gasteiger partial charge on any atom is 0.133 e. The van der Waals surface area contributed by atoms with E-state index in [1.165, 1.54) is 0 Å². The Morgan fingerprint density at radius 3 is 2.30 bits per heavy atom. The molecule has 0 saturated heterocycles. The topological polar surface area (TPSA) is 34.6 Å². The number of rotatable bonds is 10. The summed E-state index contributed by atoms with van der Waals surface area (Å²) in [5, 5.41) is 0. The smallest absolute Gasteiger partial charge is 0.133 e. The fourth-order valence-corrected chi connectivity index (χ4v) is 2.39. The molecule has 1 heterocycles. The Morgan fingerprint density at radius 2 is 1.80 bits per heavy atom. The Morgan fingerprint density at radius 1 is 1.20 bits per heavy atom. The minimum absolute atomic E-state index is 0.432. The first-order valence-corrected chi connectivity index (χ1v) is 8.16. The number of hydrogen-bond donors (Lipinski definition) is 0. The monoisotopic (exact) mass is 364 g/mol. The van der Waals surface area contributed by atoms with E-state index in [4.69, 9.17) is 21.1 Å². The number of pyridine rings is 1. The van der Waals surface area contributed by atoms with Crippen molar-refractivity contribution in [2.45, 2.75) is 19.7 Å². The molecular formula is C14H22BrClN2O2. The molecule has 1 aromatic heterocycles. The van der Waals surface area contributed by atoms with Crippen molar-refractivity contribution in [3.05, 3.63) is 22.3 Å². The predicted octanol–water partition coefficient (Wildman–Crippen LogP) is 3.46. The lowest BCUT2D eigenvalue weighted by Crippen LogP contribution is -2.32. The zero-order chi connectivity index (χ0) is 14.8. The predicted molar refractivity (Wildman–Crippen MR) is 86.7 cm³/mol. The lowest BCUT2D eigenvalue weighted by Gasteiger charge is -2.25. The number of nitrogens with zero attached hydrogens (tertiary/aromatic N) is 2. The van der Waals surface area contributed by atoms with Gasteiger partial charge in [-0.1, -0.05) is 0 Å². The molecule has 0 saturated carbocycles. The molecule has 1 rings (SSSR count). The summed E-state index contributed by atoms with van der Waals surface area (Å²) < 4.78 is 11.8. The average molecular weight is 366 g/mol. The van der Waals surface area contributed by atoms with Gasteiger partial charge in [0.1, 0.15) is 5.82 Å². The highest BCUT2D eigenvalue weighted by Crippen LogP contribution is 2.23. The van der Waals surface area contributed by atoms with Crippen LogP contribution < -0.4 is 4.90 Å². The number of alkyl halides is 1. The Kier molecular flexibility index (Phi) is 9.18.